The number of carbonyl (C=O) groups is 1. The second-order valence-corrected chi connectivity index (χ2v) is 3.43. The van der Waals surface area contributed by atoms with Gasteiger partial charge in [-0.2, -0.15) is 0 Å². The molecule has 1 N–H and O–H groups in total. The van der Waals surface area contributed by atoms with Crippen LogP contribution in [0, 0.1) is 0 Å². The van der Waals surface area contributed by atoms with Gasteiger partial charge in [0.25, 0.3) is 0 Å². The van der Waals surface area contributed by atoms with Crippen molar-refractivity contribution in [3.05, 3.63) is 26.4 Å². The lowest BCUT2D eigenvalue weighted by Crippen LogP contribution is -2.00. The topological polar surface area (TPSA) is 50.2 Å². The van der Waals surface area contributed by atoms with Gasteiger partial charge >= 0.3 is 5.97 Å². The summed E-state index contributed by atoms with van der Waals surface area (Å²) < 4.78 is 0.269. The van der Waals surface area contributed by atoms with E-state index in [2.05, 4.69) is 20.9 Å². The normalized spacial score (nSPS) is 9.92. The van der Waals surface area contributed by atoms with Crippen LogP contribution < -0.4 is 0 Å². The summed E-state index contributed by atoms with van der Waals surface area (Å²) in [4.78, 5) is 14.3. The Morgan fingerprint density at radius 3 is 2.58 bits per heavy atom. The second kappa shape index (κ2) is 3.60. The van der Waals surface area contributed by atoms with Crippen molar-refractivity contribution in [1.29, 1.82) is 0 Å². The number of carboxylic acid groups (broad SMARTS) is 1. The van der Waals surface area contributed by atoms with Gasteiger partial charge in [-0.1, -0.05) is 23.2 Å². The highest BCUT2D eigenvalue weighted by Crippen LogP contribution is 2.29. The van der Waals surface area contributed by atoms with Gasteiger partial charge in [0, 0.05) is 6.20 Å². The monoisotopic (exact) mass is 269 g/mol. The Kier molecular flexibility index (Phi) is 2.93. The molecule has 0 atom stereocenters. The molecule has 1 rings (SSSR count). The molecule has 0 saturated heterocycles. The van der Waals surface area contributed by atoms with Gasteiger partial charge in [0.1, 0.15) is 10.2 Å². The molecule has 0 fully saturated rings. The summed E-state index contributed by atoms with van der Waals surface area (Å²) in [6.07, 6.45) is 1.22. The maximum absolute atomic E-state index is 10.6. The first-order valence-corrected chi connectivity index (χ1v) is 4.31. The highest BCUT2D eigenvalue weighted by Gasteiger charge is 2.16. The van der Waals surface area contributed by atoms with Gasteiger partial charge in [-0.25, -0.2) is 9.78 Å². The maximum atomic E-state index is 10.6. The molecule has 0 saturated carbocycles. The molecule has 12 heavy (non-hydrogen) atoms. The van der Waals surface area contributed by atoms with Gasteiger partial charge in [0.05, 0.1) is 10.0 Å². The van der Waals surface area contributed by atoms with Crippen LogP contribution in [0.25, 0.3) is 0 Å². The molecule has 0 amide bonds. The lowest BCUT2D eigenvalue weighted by molar-refractivity contribution is 0.0697. The van der Waals surface area contributed by atoms with Crippen LogP contribution in [-0.2, 0) is 0 Å². The minimum atomic E-state index is -1.17. The number of aromatic carboxylic acids is 1. The van der Waals surface area contributed by atoms with Crippen LogP contribution in [0.15, 0.2) is 10.8 Å². The fourth-order valence-corrected chi connectivity index (χ4v) is 1.44. The number of pyridine rings is 1. The first-order valence-electron chi connectivity index (χ1n) is 2.77. The van der Waals surface area contributed by atoms with Crippen molar-refractivity contribution in [3.63, 3.8) is 0 Å². The zero-order chi connectivity index (χ0) is 9.30. The van der Waals surface area contributed by atoms with E-state index in [-0.39, 0.29) is 20.2 Å². The molecule has 64 valence electrons. The fourth-order valence-electron chi connectivity index (χ4n) is 0.639. The van der Waals surface area contributed by atoms with E-state index >= 15 is 0 Å². The molecular formula is C6H2BrCl2NO2. The predicted octanol–water partition coefficient (Wildman–Crippen LogP) is 2.85. The minimum absolute atomic E-state index is 0.00926. The van der Waals surface area contributed by atoms with Gasteiger partial charge in [0.2, 0.25) is 0 Å². The van der Waals surface area contributed by atoms with Crippen molar-refractivity contribution in [2.24, 2.45) is 0 Å². The van der Waals surface area contributed by atoms with Crippen LogP contribution in [-0.4, -0.2) is 16.1 Å². The van der Waals surface area contributed by atoms with Gasteiger partial charge in [-0.15, -0.1) is 0 Å². The smallest absolute Gasteiger partial charge is 0.338 e. The summed E-state index contributed by atoms with van der Waals surface area (Å²) >= 11 is 14.2. The number of halogens is 3. The van der Waals surface area contributed by atoms with Crippen LogP contribution in [0.1, 0.15) is 10.4 Å². The van der Waals surface area contributed by atoms with E-state index in [9.17, 15) is 4.79 Å². The number of nitrogens with zero attached hydrogens (tertiary/aromatic N) is 1. The number of hydrogen-bond donors (Lipinski definition) is 1. The molecule has 1 heterocycles. The molecule has 1 aromatic rings. The van der Waals surface area contributed by atoms with Gasteiger partial charge in [0.15, 0.2) is 0 Å². The predicted molar refractivity (Wildman–Crippen MR) is 48.9 cm³/mol. The molecule has 0 aromatic carbocycles. The van der Waals surface area contributed by atoms with Gasteiger partial charge < -0.3 is 5.11 Å². The Morgan fingerprint density at radius 2 is 2.17 bits per heavy atom. The average molecular weight is 271 g/mol. The molecule has 0 radical (unpaired) electrons. The lowest BCUT2D eigenvalue weighted by atomic mass is 10.3. The number of aromatic nitrogens is 1. The molecule has 6 heteroatoms. The summed E-state index contributed by atoms with van der Waals surface area (Å²) in [6, 6.07) is 0. The van der Waals surface area contributed by atoms with Crippen LogP contribution in [0.5, 0.6) is 0 Å². The molecule has 0 bridgehead atoms. The Bertz CT molecular complexity index is 343. The standard InChI is InChI=1S/C6H2BrCl2NO2/c7-5-4(9)3(6(11)12)2(8)1-10-5/h1H,(H,11,12). The van der Waals surface area contributed by atoms with E-state index in [1.807, 2.05) is 0 Å². The lowest BCUT2D eigenvalue weighted by Gasteiger charge is -2.01. The SMILES string of the molecule is O=C(O)c1c(Cl)cnc(Br)c1Cl. The Balaban J connectivity index is 3.43. The highest BCUT2D eigenvalue weighted by atomic mass is 79.9. The van der Waals surface area contributed by atoms with Crippen LogP contribution >= 0.6 is 39.1 Å². The van der Waals surface area contributed by atoms with E-state index in [0.717, 1.165) is 0 Å². The minimum Gasteiger partial charge on any atom is -0.478 e. The molecule has 0 spiro atoms. The van der Waals surface area contributed by atoms with Crippen molar-refractivity contribution in [2.75, 3.05) is 0 Å². The van der Waals surface area contributed by atoms with Crippen LogP contribution in [0.2, 0.25) is 10.0 Å². The summed E-state index contributed by atoms with van der Waals surface area (Å²) in [6.45, 7) is 0. The zero-order valence-electron chi connectivity index (χ0n) is 5.51. The number of rotatable bonds is 1. The van der Waals surface area contributed by atoms with Crippen molar-refractivity contribution in [2.45, 2.75) is 0 Å². The van der Waals surface area contributed by atoms with Crippen molar-refractivity contribution in [3.8, 4) is 0 Å². The average Bonchev–Trinajstić information content (AvgIpc) is 1.97. The third kappa shape index (κ3) is 1.71. The van der Waals surface area contributed by atoms with E-state index in [1.165, 1.54) is 6.20 Å². The van der Waals surface area contributed by atoms with Crippen molar-refractivity contribution >= 4 is 45.1 Å². The summed E-state index contributed by atoms with van der Waals surface area (Å²) in [5.41, 5.74) is -0.139. The van der Waals surface area contributed by atoms with Crippen molar-refractivity contribution in [1.82, 2.24) is 4.98 Å². The number of carboxylic acids is 1. The van der Waals surface area contributed by atoms with Crippen molar-refractivity contribution < 1.29 is 9.90 Å². The summed E-state index contributed by atoms with van der Waals surface area (Å²) in [5.74, 6) is -1.17. The molecule has 0 aliphatic carbocycles. The van der Waals surface area contributed by atoms with E-state index in [1.54, 1.807) is 0 Å². The highest BCUT2D eigenvalue weighted by molar-refractivity contribution is 9.10. The zero-order valence-corrected chi connectivity index (χ0v) is 8.61. The van der Waals surface area contributed by atoms with E-state index in [4.69, 9.17) is 28.3 Å². The summed E-state index contributed by atoms with van der Waals surface area (Å²) in [5, 5.41) is 8.69. The van der Waals surface area contributed by atoms with Crippen LogP contribution in [0.3, 0.4) is 0 Å². The molecule has 0 aliphatic heterocycles. The first-order chi connectivity index (χ1) is 5.54. The molecular weight excluding hydrogens is 269 g/mol. The largest absolute Gasteiger partial charge is 0.478 e. The maximum Gasteiger partial charge on any atom is 0.338 e. The Hall–Kier alpha value is -0.320. The molecule has 0 unspecified atom stereocenters. The van der Waals surface area contributed by atoms with E-state index in [0.29, 0.717) is 0 Å². The van der Waals surface area contributed by atoms with Gasteiger partial charge in [-0.3, -0.25) is 0 Å². The second-order valence-electron chi connectivity index (χ2n) is 1.89. The summed E-state index contributed by atoms with van der Waals surface area (Å²) in [7, 11) is 0. The molecule has 1 aromatic heterocycles. The van der Waals surface area contributed by atoms with Crippen LogP contribution in [0.4, 0.5) is 0 Å². The Morgan fingerprint density at radius 1 is 1.58 bits per heavy atom. The fraction of sp³-hybridized carbons (Fsp3) is 0. The quantitative estimate of drug-likeness (QED) is 0.799. The number of hydrogen-bond acceptors (Lipinski definition) is 2. The third-order valence-electron chi connectivity index (χ3n) is 1.14. The van der Waals surface area contributed by atoms with Gasteiger partial charge in [-0.05, 0) is 15.9 Å². The first kappa shape index (κ1) is 9.77. The van der Waals surface area contributed by atoms with E-state index < -0.39 is 5.97 Å². The molecule has 3 nitrogen and oxygen atoms in total. The molecule has 0 aliphatic rings. The Labute approximate surface area is 86.4 Å². The third-order valence-corrected chi connectivity index (χ3v) is 2.63.